The zero-order valence-electron chi connectivity index (χ0n) is 9.06. The second kappa shape index (κ2) is 6.05. The third-order valence-electron chi connectivity index (χ3n) is 2.05. The monoisotopic (exact) mass is 230 g/mol. The SMILES string of the molecule is CN(C)CCNCc1ccc(Cl)c(F)c1. The topological polar surface area (TPSA) is 15.3 Å². The van der Waals surface area contributed by atoms with Crippen LogP contribution in [0.3, 0.4) is 0 Å². The van der Waals surface area contributed by atoms with Gasteiger partial charge in [-0.2, -0.15) is 0 Å². The molecule has 0 saturated carbocycles. The zero-order valence-corrected chi connectivity index (χ0v) is 9.81. The third kappa shape index (κ3) is 4.60. The van der Waals surface area contributed by atoms with Crippen molar-refractivity contribution >= 4 is 11.6 Å². The van der Waals surface area contributed by atoms with E-state index in [2.05, 4.69) is 10.2 Å². The van der Waals surface area contributed by atoms with Gasteiger partial charge in [-0.3, -0.25) is 0 Å². The summed E-state index contributed by atoms with van der Waals surface area (Å²) in [5.41, 5.74) is 0.913. The smallest absolute Gasteiger partial charge is 0.142 e. The molecule has 0 aromatic heterocycles. The van der Waals surface area contributed by atoms with Crippen LogP contribution >= 0.6 is 11.6 Å². The largest absolute Gasteiger partial charge is 0.311 e. The summed E-state index contributed by atoms with van der Waals surface area (Å²) in [7, 11) is 4.03. The third-order valence-corrected chi connectivity index (χ3v) is 2.36. The number of rotatable bonds is 5. The maximum Gasteiger partial charge on any atom is 0.142 e. The molecule has 0 fully saturated rings. The highest BCUT2D eigenvalue weighted by Gasteiger charge is 2.00. The summed E-state index contributed by atoms with van der Waals surface area (Å²) < 4.78 is 13.0. The molecule has 0 aliphatic rings. The van der Waals surface area contributed by atoms with Gasteiger partial charge in [0.15, 0.2) is 0 Å². The molecule has 1 rings (SSSR count). The maximum absolute atomic E-state index is 13.0. The van der Waals surface area contributed by atoms with Gasteiger partial charge in [-0.25, -0.2) is 4.39 Å². The van der Waals surface area contributed by atoms with Gasteiger partial charge in [-0.15, -0.1) is 0 Å². The number of halogens is 2. The minimum atomic E-state index is -0.358. The van der Waals surface area contributed by atoms with Crippen LogP contribution in [-0.2, 0) is 6.54 Å². The molecular formula is C11H16ClFN2. The fourth-order valence-corrected chi connectivity index (χ4v) is 1.30. The first-order valence-electron chi connectivity index (χ1n) is 4.89. The molecule has 0 radical (unpaired) electrons. The Morgan fingerprint density at radius 3 is 2.73 bits per heavy atom. The van der Waals surface area contributed by atoms with E-state index < -0.39 is 0 Å². The van der Waals surface area contributed by atoms with E-state index in [0.717, 1.165) is 18.7 Å². The Morgan fingerprint density at radius 2 is 2.13 bits per heavy atom. The van der Waals surface area contributed by atoms with Crippen molar-refractivity contribution in [3.05, 3.63) is 34.6 Å². The normalized spacial score (nSPS) is 11.0. The van der Waals surface area contributed by atoms with Crippen molar-refractivity contribution in [3.8, 4) is 0 Å². The van der Waals surface area contributed by atoms with Gasteiger partial charge in [0, 0.05) is 19.6 Å². The van der Waals surface area contributed by atoms with Gasteiger partial charge in [0.05, 0.1) is 5.02 Å². The Bertz CT molecular complexity index is 315. The van der Waals surface area contributed by atoms with E-state index in [0.29, 0.717) is 6.54 Å². The molecular weight excluding hydrogens is 215 g/mol. The quantitative estimate of drug-likeness (QED) is 0.780. The van der Waals surface area contributed by atoms with E-state index in [9.17, 15) is 4.39 Å². The molecule has 1 aromatic carbocycles. The lowest BCUT2D eigenvalue weighted by Crippen LogP contribution is -2.26. The van der Waals surface area contributed by atoms with Crippen molar-refractivity contribution < 1.29 is 4.39 Å². The molecule has 4 heteroatoms. The lowest BCUT2D eigenvalue weighted by atomic mass is 10.2. The molecule has 0 heterocycles. The first-order valence-corrected chi connectivity index (χ1v) is 5.27. The molecule has 0 atom stereocenters. The second-order valence-electron chi connectivity index (χ2n) is 3.73. The van der Waals surface area contributed by atoms with Crippen LogP contribution in [0.4, 0.5) is 4.39 Å². The van der Waals surface area contributed by atoms with Crippen LogP contribution in [0.15, 0.2) is 18.2 Å². The molecule has 15 heavy (non-hydrogen) atoms. The highest BCUT2D eigenvalue weighted by Crippen LogP contribution is 2.15. The minimum Gasteiger partial charge on any atom is -0.311 e. The molecule has 1 aromatic rings. The zero-order chi connectivity index (χ0) is 11.3. The van der Waals surface area contributed by atoms with E-state index in [4.69, 9.17) is 11.6 Å². The van der Waals surface area contributed by atoms with E-state index in [1.807, 2.05) is 20.2 Å². The van der Waals surface area contributed by atoms with Crippen molar-refractivity contribution in [2.24, 2.45) is 0 Å². The summed E-state index contributed by atoms with van der Waals surface area (Å²) in [6.45, 7) is 2.52. The Kier molecular flexibility index (Phi) is 5.02. The molecule has 0 unspecified atom stereocenters. The van der Waals surface area contributed by atoms with Gasteiger partial charge in [-0.05, 0) is 31.8 Å². The first kappa shape index (κ1) is 12.4. The second-order valence-corrected chi connectivity index (χ2v) is 4.14. The van der Waals surface area contributed by atoms with Crippen molar-refractivity contribution in [3.63, 3.8) is 0 Å². The summed E-state index contributed by atoms with van der Waals surface area (Å²) in [4.78, 5) is 2.09. The van der Waals surface area contributed by atoms with Gasteiger partial charge in [0.25, 0.3) is 0 Å². The molecule has 0 aliphatic heterocycles. The lowest BCUT2D eigenvalue weighted by Gasteiger charge is -2.10. The van der Waals surface area contributed by atoms with Crippen LogP contribution in [0, 0.1) is 5.82 Å². The molecule has 0 bridgehead atoms. The number of nitrogens with zero attached hydrogens (tertiary/aromatic N) is 1. The molecule has 2 nitrogen and oxygen atoms in total. The van der Waals surface area contributed by atoms with Crippen LogP contribution in [0.1, 0.15) is 5.56 Å². The summed E-state index contributed by atoms with van der Waals surface area (Å²) >= 11 is 5.58. The van der Waals surface area contributed by atoms with E-state index in [1.165, 1.54) is 6.07 Å². The first-order chi connectivity index (χ1) is 7.09. The van der Waals surface area contributed by atoms with Gasteiger partial charge >= 0.3 is 0 Å². The highest BCUT2D eigenvalue weighted by atomic mass is 35.5. The Hall–Kier alpha value is -0.640. The van der Waals surface area contributed by atoms with Crippen LogP contribution in [0.5, 0.6) is 0 Å². The summed E-state index contributed by atoms with van der Waals surface area (Å²) in [5.74, 6) is -0.358. The molecule has 84 valence electrons. The van der Waals surface area contributed by atoms with Crippen LogP contribution < -0.4 is 5.32 Å². The number of likely N-dealkylation sites (N-methyl/N-ethyl adjacent to an activating group) is 1. The fraction of sp³-hybridized carbons (Fsp3) is 0.455. The minimum absolute atomic E-state index is 0.173. The molecule has 0 aliphatic carbocycles. The van der Waals surface area contributed by atoms with E-state index in [-0.39, 0.29) is 10.8 Å². The highest BCUT2D eigenvalue weighted by molar-refractivity contribution is 6.30. The molecule has 0 spiro atoms. The summed E-state index contributed by atoms with van der Waals surface area (Å²) in [5, 5.41) is 3.40. The van der Waals surface area contributed by atoms with Crippen molar-refractivity contribution in [1.29, 1.82) is 0 Å². The van der Waals surface area contributed by atoms with Crippen molar-refractivity contribution in [2.45, 2.75) is 6.54 Å². The maximum atomic E-state index is 13.0. The average Bonchev–Trinajstić information content (AvgIpc) is 2.18. The van der Waals surface area contributed by atoms with Gasteiger partial charge in [-0.1, -0.05) is 17.7 Å². The van der Waals surface area contributed by atoms with Gasteiger partial charge in [0.1, 0.15) is 5.82 Å². The fourth-order valence-electron chi connectivity index (χ4n) is 1.18. The van der Waals surface area contributed by atoms with Crippen LogP contribution in [0.2, 0.25) is 5.02 Å². The standard InChI is InChI=1S/C11H16ClFN2/c1-15(2)6-5-14-8-9-3-4-10(12)11(13)7-9/h3-4,7,14H,5-6,8H2,1-2H3. The van der Waals surface area contributed by atoms with Gasteiger partial charge < -0.3 is 10.2 Å². The summed E-state index contributed by atoms with van der Waals surface area (Å²) in [6.07, 6.45) is 0. The number of benzene rings is 1. The van der Waals surface area contributed by atoms with Crippen LogP contribution in [-0.4, -0.2) is 32.1 Å². The number of nitrogens with one attached hydrogen (secondary N) is 1. The Morgan fingerprint density at radius 1 is 1.40 bits per heavy atom. The van der Waals surface area contributed by atoms with E-state index >= 15 is 0 Å². The predicted molar refractivity (Wildman–Crippen MR) is 61.7 cm³/mol. The van der Waals surface area contributed by atoms with Gasteiger partial charge in [0.2, 0.25) is 0 Å². The van der Waals surface area contributed by atoms with Crippen LogP contribution in [0.25, 0.3) is 0 Å². The average molecular weight is 231 g/mol. The number of hydrogen-bond acceptors (Lipinski definition) is 2. The molecule has 0 amide bonds. The van der Waals surface area contributed by atoms with Crippen molar-refractivity contribution in [1.82, 2.24) is 10.2 Å². The lowest BCUT2D eigenvalue weighted by molar-refractivity contribution is 0.400. The number of hydrogen-bond donors (Lipinski definition) is 1. The van der Waals surface area contributed by atoms with E-state index in [1.54, 1.807) is 6.07 Å². The molecule has 0 saturated heterocycles. The Labute approximate surface area is 95.0 Å². The summed E-state index contributed by atoms with van der Waals surface area (Å²) in [6, 6.07) is 4.87. The molecule has 1 N–H and O–H groups in total. The van der Waals surface area contributed by atoms with Crippen molar-refractivity contribution in [2.75, 3.05) is 27.2 Å². The Balaban J connectivity index is 2.35. The predicted octanol–water partition coefficient (Wildman–Crippen LogP) is 2.13.